The van der Waals surface area contributed by atoms with Crippen molar-refractivity contribution >= 4 is 28.6 Å². The van der Waals surface area contributed by atoms with E-state index in [0.717, 1.165) is 28.0 Å². The van der Waals surface area contributed by atoms with Crippen molar-refractivity contribution in [2.45, 2.75) is 23.5 Å². The van der Waals surface area contributed by atoms with Crippen molar-refractivity contribution in [1.82, 2.24) is 10.3 Å². The molecule has 1 amide bonds. The molecule has 4 aromatic rings. The molecule has 0 fully saturated rings. The molecule has 0 saturated heterocycles. The van der Waals surface area contributed by atoms with Gasteiger partial charge in [-0.15, -0.1) is 11.8 Å². The molecule has 2 N–H and O–H groups in total. The van der Waals surface area contributed by atoms with E-state index in [9.17, 15) is 23.1 Å². The Balaban J connectivity index is 1.61. The molecule has 5 nitrogen and oxygen atoms in total. The van der Waals surface area contributed by atoms with Gasteiger partial charge in [0.1, 0.15) is 11.4 Å². The number of alkyl halides is 3. The van der Waals surface area contributed by atoms with E-state index in [-0.39, 0.29) is 30.0 Å². The van der Waals surface area contributed by atoms with Gasteiger partial charge in [0.05, 0.1) is 23.7 Å². The van der Waals surface area contributed by atoms with Crippen molar-refractivity contribution in [2.24, 2.45) is 0 Å². The van der Waals surface area contributed by atoms with Crippen LogP contribution in [0.15, 0.2) is 77.7 Å². The van der Waals surface area contributed by atoms with Crippen molar-refractivity contribution in [3.63, 3.8) is 0 Å². The quantitative estimate of drug-likeness (QED) is 0.262. The van der Waals surface area contributed by atoms with Crippen molar-refractivity contribution in [3.8, 4) is 16.9 Å². The number of halogens is 3. The number of methoxy groups -OCH3 is 1. The minimum atomic E-state index is -4.43. The highest BCUT2D eigenvalue weighted by molar-refractivity contribution is 7.98. The molecule has 0 aliphatic rings. The number of phenols is 1. The number of aromatic nitrogens is 1. The van der Waals surface area contributed by atoms with Crippen LogP contribution in [0.1, 0.15) is 21.6 Å². The lowest BCUT2D eigenvalue weighted by Crippen LogP contribution is -2.40. The molecule has 9 heteroatoms. The molecular formula is C28H25F3N2O3S. The summed E-state index contributed by atoms with van der Waals surface area (Å²) < 4.78 is 44.8. The maximum atomic E-state index is 13.2. The van der Waals surface area contributed by atoms with Crippen LogP contribution in [0, 0.1) is 0 Å². The van der Waals surface area contributed by atoms with Gasteiger partial charge in [0.2, 0.25) is 0 Å². The minimum Gasteiger partial charge on any atom is -0.508 e. The molecule has 1 atom stereocenters. The Bertz CT molecular complexity index is 1410. The van der Waals surface area contributed by atoms with Gasteiger partial charge in [-0.2, -0.15) is 13.2 Å². The number of rotatable bonds is 8. The molecule has 0 radical (unpaired) electrons. The van der Waals surface area contributed by atoms with E-state index in [1.165, 1.54) is 17.8 Å². The predicted octanol–water partition coefficient (Wildman–Crippen LogP) is 6.34. The molecular weight excluding hydrogens is 501 g/mol. The second kappa shape index (κ2) is 11.2. The first-order valence-corrected chi connectivity index (χ1v) is 12.6. The summed E-state index contributed by atoms with van der Waals surface area (Å²) in [5.41, 5.74) is 2.09. The standard InChI is InChI=1S/C28H25F3N2O3S/c1-36-16-21(12-17-6-9-22(34)10-7-17)32-27(35)25-15-26(37-2)23-14-19(8-11-24(23)33-25)18-4-3-5-20(13-18)28(29,30)31/h3-11,13-15,21,34H,12,16H2,1-2H3,(H,32,35). The van der Waals surface area contributed by atoms with E-state index in [4.69, 9.17) is 4.74 Å². The fourth-order valence-corrected chi connectivity index (χ4v) is 4.68. The van der Waals surface area contributed by atoms with E-state index < -0.39 is 11.7 Å². The molecule has 1 unspecified atom stereocenters. The highest BCUT2D eigenvalue weighted by Gasteiger charge is 2.30. The summed E-state index contributed by atoms with van der Waals surface area (Å²) in [4.78, 5) is 18.4. The van der Waals surface area contributed by atoms with Crippen LogP contribution in [0.5, 0.6) is 5.75 Å². The predicted molar refractivity (Wildman–Crippen MR) is 139 cm³/mol. The van der Waals surface area contributed by atoms with Crippen LogP contribution in [-0.4, -0.2) is 42.0 Å². The average molecular weight is 527 g/mol. The smallest absolute Gasteiger partial charge is 0.416 e. The molecule has 4 rings (SSSR count). The van der Waals surface area contributed by atoms with Crippen LogP contribution in [0.4, 0.5) is 13.2 Å². The van der Waals surface area contributed by atoms with Crippen molar-refractivity contribution in [3.05, 3.63) is 89.6 Å². The average Bonchev–Trinajstić information content (AvgIpc) is 2.88. The Morgan fingerprint density at radius 2 is 1.78 bits per heavy atom. The number of hydrogen-bond acceptors (Lipinski definition) is 5. The number of thioether (sulfide) groups is 1. The van der Waals surface area contributed by atoms with Crippen molar-refractivity contribution in [2.75, 3.05) is 20.0 Å². The number of hydrogen-bond donors (Lipinski definition) is 2. The third-order valence-electron chi connectivity index (χ3n) is 5.87. The third kappa shape index (κ3) is 6.42. The highest BCUT2D eigenvalue weighted by atomic mass is 32.2. The molecule has 0 aliphatic heterocycles. The van der Waals surface area contributed by atoms with E-state index in [1.54, 1.807) is 61.7 Å². The Hall–Kier alpha value is -3.56. The van der Waals surface area contributed by atoms with Gasteiger partial charge in [0.15, 0.2) is 0 Å². The Morgan fingerprint density at radius 3 is 2.46 bits per heavy atom. The monoisotopic (exact) mass is 526 g/mol. The van der Waals surface area contributed by atoms with Crippen LogP contribution in [0.2, 0.25) is 0 Å². The molecule has 0 aliphatic carbocycles. The first kappa shape index (κ1) is 26.5. The summed E-state index contributed by atoms with van der Waals surface area (Å²) in [7, 11) is 1.55. The molecule has 0 spiro atoms. The van der Waals surface area contributed by atoms with Crippen LogP contribution in [-0.2, 0) is 17.3 Å². The number of aromatic hydroxyl groups is 1. The summed E-state index contributed by atoms with van der Waals surface area (Å²) in [6.45, 7) is 0.288. The van der Waals surface area contributed by atoms with E-state index in [1.807, 2.05) is 6.26 Å². The maximum Gasteiger partial charge on any atom is 0.416 e. The summed E-state index contributed by atoms with van der Waals surface area (Å²) in [5.74, 6) is -0.197. The zero-order chi connectivity index (χ0) is 26.6. The van der Waals surface area contributed by atoms with Gasteiger partial charge < -0.3 is 15.2 Å². The lowest BCUT2D eigenvalue weighted by Gasteiger charge is -2.18. The zero-order valence-electron chi connectivity index (χ0n) is 20.2. The van der Waals surface area contributed by atoms with Gasteiger partial charge in [0, 0.05) is 17.4 Å². The molecule has 0 bridgehead atoms. The van der Waals surface area contributed by atoms with Gasteiger partial charge in [0.25, 0.3) is 5.91 Å². The maximum absolute atomic E-state index is 13.2. The van der Waals surface area contributed by atoms with E-state index >= 15 is 0 Å². The van der Waals surface area contributed by atoms with E-state index in [2.05, 4.69) is 10.3 Å². The number of fused-ring (bicyclic) bond motifs is 1. The molecule has 3 aromatic carbocycles. The number of carbonyl (C=O) groups excluding carboxylic acids is 1. The first-order chi connectivity index (χ1) is 17.7. The number of phenolic OH excluding ortho intramolecular Hbond substituents is 1. The number of amides is 1. The number of carbonyl (C=O) groups is 1. The first-order valence-electron chi connectivity index (χ1n) is 11.4. The third-order valence-corrected chi connectivity index (χ3v) is 6.65. The fourth-order valence-electron chi connectivity index (χ4n) is 4.06. The number of benzene rings is 3. The Labute approximate surface area is 216 Å². The normalized spacial score (nSPS) is 12.5. The van der Waals surface area contributed by atoms with Crippen LogP contribution in [0.3, 0.4) is 0 Å². The molecule has 0 saturated carbocycles. The topological polar surface area (TPSA) is 71.5 Å². The number of ether oxygens (including phenoxy) is 1. The molecule has 1 heterocycles. The zero-order valence-corrected chi connectivity index (χ0v) is 21.0. The Kier molecular flexibility index (Phi) is 8.04. The summed E-state index contributed by atoms with van der Waals surface area (Å²) >= 11 is 1.43. The van der Waals surface area contributed by atoms with Crippen molar-refractivity contribution < 1.29 is 27.8 Å². The lowest BCUT2D eigenvalue weighted by atomic mass is 10.0. The number of pyridine rings is 1. The van der Waals surface area contributed by atoms with Gasteiger partial charge in [-0.1, -0.05) is 30.3 Å². The SMILES string of the molecule is COCC(Cc1ccc(O)cc1)NC(=O)c1cc(SC)c2cc(-c3cccc(C(F)(F)F)c3)ccc2n1. The van der Waals surface area contributed by atoms with Gasteiger partial charge in [-0.3, -0.25) is 4.79 Å². The van der Waals surface area contributed by atoms with Crippen LogP contribution < -0.4 is 5.32 Å². The van der Waals surface area contributed by atoms with Crippen LogP contribution >= 0.6 is 11.8 Å². The van der Waals surface area contributed by atoms with E-state index in [0.29, 0.717) is 23.1 Å². The number of nitrogens with zero attached hydrogens (tertiary/aromatic N) is 1. The summed E-state index contributed by atoms with van der Waals surface area (Å²) in [6.07, 6.45) is -2.06. The second-order valence-corrected chi connectivity index (χ2v) is 9.36. The highest BCUT2D eigenvalue weighted by Crippen LogP contribution is 2.34. The largest absolute Gasteiger partial charge is 0.508 e. The van der Waals surface area contributed by atoms with Gasteiger partial charge in [-0.25, -0.2) is 4.98 Å². The number of nitrogens with one attached hydrogen (secondary N) is 1. The Morgan fingerprint density at radius 1 is 1.05 bits per heavy atom. The molecule has 1 aromatic heterocycles. The lowest BCUT2D eigenvalue weighted by molar-refractivity contribution is -0.137. The fraction of sp³-hybridized carbons (Fsp3) is 0.214. The van der Waals surface area contributed by atoms with Gasteiger partial charge >= 0.3 is 6.18 Å². The minimum absolute atomic E-state index is 0.164. The summed E-state index contributed by atoms with van der Waals surface area (Å²) in [5, 5.41) is 13.2. The molecule has 192 valence electrons. The molecule has 37 heavy (non-hydrogen) atoms. The second-order valence-electron chi connectivity index (χ2n) is 8.52. The van der Waals surface area contributed by atoms with Crippen LogP contribution in [0.25, 0.3) is 22.0 Å². The van der Waals surface area contributed by atoms with Gasteiger partial charge in [-0.05, 0) is 71.8 Å². The van der Waals surface area contributed by atoms with Crippen molar-refractivity contribution in [1.29, 1.82) is 0 Å². The summed E-state index contributed by atoms with van der Waals surface area (Å²) in [6, 6.07) is 18.5.